The summed E-state index contributed by atoms with van der Waals surface area (Å²) in [6, 6.07) is 4.89. The summed E-state index contributed by atoms with van der Waals surface area (Å²) in [4.78, 5) is 11.6. The smallest absolute Gasteiger partial charge is 0.162 e. The van der Waals surface area contributed by atoms with Gasteiger partial charge in [-0.25, -0.2) is 22.8 Å². The van der Waals surface area contributed by atoms with E-state index < -0.39 is 15.1 Å². The van der Waals surface area contributed by atoms with E-state index in [1.807, 2.05) is 12.2 Å². The van der Waals surface area contributed by atoms with Crippen LogP contribution in [0.2, 0.25) is 0 Å². The van der Waals surface area contributed by atoms with Crippen LogP contribution in [-0.4, -0.2) is 49.9 Å². The maximum absolute atomic E-state index is 14.3. The molecule has 8 heteroatoms. The Morgan fingerprint density at radius 3 is 2.87 bits per heavy atom. The number of nitrogens with zero attached hydrogens (tertiary/aromatic N) is 3. The summed E-state index contributed by atoms with van der Waals surface area (Å²) in [5, 5.41) is -0.633. The van der Waals surface area contributed by atoms with Gasteiger partial charge in [0.05, 0.1) is 30.7 Å². The van der Waals surface area contributed by atoms with Gasteiger partial charge >= 0.3 is 0 Å². The molecule has 0 N–H and O–H groups in total. The molecule has 30 heavy (non-hydrogen) atoms. The summed E-state index contributed by atoms with van der Waals surface area (Å²) in [5.74, 6) is 0.896. The second-order valence-corrected chi connectivity index (χ2v) is 10.5. The Balaban J connectivity index is 1.69. The van der Waals surface area contributed by atoms with Gasteiger partial charge in [0, 0.05) is 18.2 Å². The fraction of sp³-hybridized carbons (Fsp3) is 0.455. The highest BCUT2D eigenvalue weighted by molar-refractivity contribution is 7.91. The molecule has 2 aromatic rings. The first-order chi connectivity index (χ1) is 14.4. The van der Waals surface area contributed by atoms with Gasteiger partial charge in [-0.3, -0.25) is 0 Å². The molecular formula is C22H24FN3O3S. The van der Waals surface area contributed by atoms with E-state index in [0.717, 1.165) is 11.1 Å². The number of anilines is 1. The lowest BCUT2D eigenvalue weighted by Crippen LogP contribution is -2.44. The second-order valence-electron chi connectivity index (χ2n) is 8.22. The molecule has 1 unspecified atom stereocenters. The number of sulfone groups is 1. The van der Waals surface area contributed by atoms with Crippen LogP contribution in [-0.2, 0) is 21.0 Å². The maximum Gasteiger partial charge on any atom is 0.162 e. The van der Waals surface area contributed by atoms with Gasteiger partial charge in [0.1, 0.15) is 16.9 Å². The van der Waals surface area contributed by atoms with E-state index in [1.54, 1.807) is 6.07 Å². The van der Waals surface area contributed by atoms with Crippen molar-refractivity contribution in [2.24, 2.45) is 0 Å². The molecule has 158 valence electrons. The molecule has 2 saturated heterocycles. The van der Waals surface area contributed by atoms with Crippen LogP contribution in [0.1, 0.15) is 41.8 Å². The number of morpholine rings is 1. The van der Waals surface area contributed by atoms with E-state index in [2.05, 4.69) is 16.8 Å². The summed E-state index contributed by atoms with van der Waals surface area (Å²) >= 11 is 0. The molecule has 0 radical (unpaired) electrons. The fourth-order valence-corrected chi connectivity index (χ4v) is 6.47. The average molecular weight is 430 g/mol. The van der Waals surface area contributed by atoms with E-state index in [4.69, 9.17) is 9.72 Å². The van der Waals surface area contributed by atoms with E-state index in [9.17, 15) is 12.8 Å². The SMILES string of the molecule is C[C@@H]1COCCN1c1cc(C2CCCS2(=O)=O)nc(-c2cc(F)cc3c2C=CC3)n1. The standard InChI is InChI=1S/C22H24FN3O3S/c1-14-13-29-8-7-26(14)21-12-19(20-6-3-9-30(20,27)28)24-22(25-21)18-11-16(23)10-15-4-2-5-17(15)18/h2,5,10-12,14,20H,3-4,6-9,13H2,1H3/t14-,20?/m1/s1. The van der Waals surface area contributed by atoms with Crippen LogP contribution in [0.3, 0.4) is 0 Å². The number of hydrogen-bond donors (Lipinski definition) is 0. The highest BCUT2D eigenvalue weighted by Crippen LogP contribution is 2.37. The van der Waals surface area contributed by atoms with Crippen molar-refractivity contribution in [2.45, 2.75) is 37.5 Å². The lowest BCUT2D eigenvalue weighted by molar-refractivity contribution is 0.0985. The Kier molecular flexibility index (Phi) is 4.86. The van der Waals surface area contributed by atoms with Gasteiger partial charge in [-0.1, -0.05) is 12.2 Å². The second kappa shape index (κ2) is 7.42. The highest BCUT2D eigenvalue weighted by atomic mass is 32.2. The van der Waals surface area contributed by atoms with E-state index in [-0.39, 0.29) is 17.6 Å². The minimum Gasteiger partial charge on any atom is -0.377 e. The summed E-state index contributed by atoms with van der Waals surface area (Å²) in [6.45, 7) is 3.87. The molecule has 0 saturated carbocycles. The van der Waals surface area contributed by atoms with Crippen LogP contribution in [0, 0.1) is 5.82 Å². The molecule has 0 bridgehead atoms. The van der Waals surface area contributed by atoms with Crippen LogP contribution in [0.25, 0.3) is 17.5 Å². The fourth-order valence-electron chi connectivity index (χ4n) is 4.61. The lowest BCUT2D eigenvalue weighted by atomic mass is 10.0. The largest absolute Gasteiger partial charge is 0.377 e. The van der Waals surface area contributed by atoms with Gasteiger partial charge in [0.25, 0.3) is 0 Å². The number of aromatic nitrogens is 2. The quantitative estimate of drug-likeness (QED) is 0.745. The molecule has 2 aliphatic heterocycles. The number of rotatable bonds is 3. The van der Waals surface area contributed by atoms with Gasteiger partial charge in [-0.15, -0.1) is 0 Å². The Bertz CT molecular complexity index is 1130. The molecule has 2 atom stereocenters. The highest BCUT2D eigenvalue weighted by Gasteiger charge is 2.35. The van der Waals surface area contributed by atoms with Crippen LogP contribution >= 0.6 is 0 Å². The molecule has 1 aliphatic carbocycles. The Labute approximate surface area is 175 Å². The topological polar surface area (TPSA) is 72.4 Å². The van der Waals surface area contributed by atoms with Gasteiger partial charge in [0.15, 0.2) is 15.7 Å². The van der Waals surface area contributed by atoms with Gasteiger partial charge in [0.2, 0.25) is 0 Å². The number of hydrogen-bond acceptors (Lipinski definition) is 6. The first-order valence-corrected chi connectivity index (χ1v) is 12.1. The summed E-state index contributed by atoms with van der Waals surface area (Å²) < 4.78 is 45.2. The zero-order chi connectivity index (χ0) is 20.9. The zero-order valence-electron chi connectivity index (χ0n) is 16.8. The predicted octanol–water partition coefficient (Wildman–Crippen LogP) is 3.33. The van der Waals surface area contributed by atoms with Crippen LogP contribution in [0.15, 0.2) is 24.3 Å². The summed E-state index contributed by atoms with van der Waals surface area (Å²) in [7, 11) is -3.24. The third kappa shape index (κ3) is 3.41. The van der Waals surface area contributed by atoms with E-state index in [1.165, 1.54) is 12.1 Å². The monoisotopic (exact) mass is 429 g/mol. The number of ether oxygens (including phenoxy) is 1. The maximum atomic E-state index is 14.3. The van der Waals surface area contributed by atoms with Crippen molar-refractivity contribution in [3.8, 4) is 11.4 Å². The summed E-state index contributed by atoms with van der Waals surface area (Å²) in [5.41, 5.74) is 2.92. The Morgan fingerprint density at radius 1 is 1.23 bits per heavy atom. The van der Waals surface area contributed by atoms with Crippen molar-refractivity contribution in [1.82, 2.24) is 9.97 Å². The first-order valence-electron chi connectivity index (χ1n) is 10.4. The normalized spacial score (nSPS) is 24.9. The van der Waals surface area contributed by atoms with Crippen molar-refractivity contribution in [3.63, 3.8) is 0 Å². The number of benzene rings is 1. The number of fused-ring (bicyclic) bond motifs is 1. The molecular weight excluding hydrogens is 405 g/mol. The predicted molar refractivity (Wildman–Crippen MR) is 114 cm³/mol. The van der Waals surface area contributed by atoms with Crippen molar-refractivity contribution in [3.05, 3.63) is 46.9 Å². The average Bonchev–Trinajstić information content (AvgIpc) is 3.32. The molecule has 6 nitrogen and oxygen atoms in total. The minimum atomic E-state index is -3.24. The number of halogens is 1. The lowest BCUT2D eigenvalue weighted by Gasteiger charge is -2.34. The molecule has 5 rings (SSSR count). The molecule has 2 fully saturated rings. The van der Waals surface area contributed by atoms with Crippen LogP contribution < -0.4 is 4.90 Å². The molecule has 1 aromatic carbocycles. The minimum absolute atomic E-state index is 0.104. The Morgan fingerprint density at radius 2 is 2.10 bits per heavy atom. The van der Waals surface area contributed by atoms with Gasteiger partial charge in [-0.2, -0.15) is 0 Å². The third-order valence-corrected chi connectivity index (χ3v) is 8.35. The number of allylic oxidation sites excluding steroid dienone is 1. The van der Waals surface area contributed by atoms with Crippen molar-refractivity contribution < 1.29 is 17.5 Å². The zero-order valence-corrected chi connectivity index (χ0v) is 17.7. The van der Waals surface area contributed by atoms with Crippen molar-refractivity contribution in [1.29, 1.82) is 0 Å². The van der Waals surface area contributed by atoms with Crippen LogP contribution in [0.4, 0.5) is 10.2 Å². The van der Waals surface area contributed by atoms with Crippen molar-refractivity contribution >= 4 is 21.7 Å². The molecule has 0 spiro atoms. The van der Waals surface area contributed by atoms with Gasteiger partial charge in [-0.05, 0) is 49.4 Å². The first kappa shape index (κ1) is 19.6. The Hall–Kier alpha value is -2.32. The molecule has 0 amide bonds. The summed E-state index contributed by atoms with van der Waals surface area (Å²) in [6.07, 6.45) is 5.81. The van der Waals surface area contributed by atoms with Crippen LogP contribution in [0.5, 0.6) is 0 Å². The van der Waals surface area contributed by atoms with E-state index >= 15 is 0 Å². The van der Waals surface area contributed by atoms with Crippen molar-refractivity contribution in [2.75, 3.05) is 30.4 Å². The molecule has 3 heterocycles. The molecule has 1 aromatic heterocycles. The van der Waals surface area contributed by atoms with E-state index in [0.29, 0.717) is 61.9 Å². The molecule has 3 aliphatic rings. The third-order valence-electron chi connectivity index (χ3n) is 6.15. The van der Waals surface area contributed by atoms with Gasteiger partial charge < -0.3 is 9.64 Å².